The van der Waals surface area contributed by atoms with Gasteiger partial charge < -0.3 is 9.47 Å². The minimum absolute atomic E-state index is 0.0919. The molecule has 0 fully saturated rings. The molecule has 3 rings (SSSR count). The molecule has 150 valence electrons. The third-order valence-corrected chi connectivity index (χ3v) is 6.89. The Kier molecular flexibility index (Phi) is 6.72. The molecule has 0 N–H and O–H groups in total. The summed E-state index contributed by atoms with van der Waals surface area (Å²) >= 11 is 2.85. The molecule has 2 atom stereocenters. The molecule has 0 bridgehead atoms. The third kappa shape index (κ3) is 4.22. The van der Waals surface area contributed by atoms with Gasteiger partial charge in [-0.1, -0.05) is 25.6 Å². The van der Waals surface area contributed by atoms with Crippen molar-refractivity contribution in [1.29, 1.82) is 0 Å². The molecule has 0 spiro atoms. The van der Waals surface area contributed by atoms with E-state index in [2.05, 4.69) is 6.92 Å². The number of aromatic nitrogens is 2. The number of rotatable bonds is 7. The van der Waals surface area contributed by atoms with E-state index >= 15 is 0 Å². The summed E-state index contributed by atoms with van der Waals surface area (Å²) in [5.74, 6) is 0.426. The summed E-state index contributed by atoms with van der Waals surface area (Å²) in [5.41, 5.74) is 1.42. The number of carbonyl (C=O) groups is 1. The molecule has 6 nitrogen and oxygen atoms in total. The van der Waals surface area contributed by atoms with Crippen LogP contribution >= 0.6 is 23.5 Å². The van der Waals surface area contributed by atoms with Crippen molar-refractivity contribution >= 4 is 29.5 Å². The fourth-order valence-electron chi connectivity index (χ4n) is 3.00. The van der Waals surface area contributed by atoms with Gasteiger partial charge in [0.15, 0.2) is 5.16 Å². The summed E-state index contributed by atoms with van der Waals surface area (Å²) in [6, 6.07) is 7.27. The Balaban J connectivity index is 2.09. The Morgan fingerprint density at radius 1 is 1.36 bits per heavy atom. The first-order valence-electron chi connectivity index (χ1n) is 9.28. The molecule has 1 aromatic carbocycles. The zero-order valence-electron chi connectivity index (χ0n) is 16.4. The number of nitrogens with zero attached hydrogens (tertiary/aromatic N) is 2. The van der Waals surface area contributed by atoms with Gasteiger partial charge in [-0.3, -0.25) is 14.2 Å². The molecule has 0 radical (unpaired) electrons. The second kappa shape index (κ2) is 9.05. The van der Waals surface area contributed by atoms with Gasteiger partial charge in [-0.15, -0.1) is 11.8 Å². The summed E-state index contributed by atoms with van der Waals surface area (Å²) in [6.07, 6.45) is 1.34. The number of hydrogen-bond donors (Lipinski definition) is 0. The number of ether oxygens (including phenoxy) is 2. The summed E-state index contributed by atoms with van der Waals surface area (Å²) < 4.78 is 12.0. The Hall–Kier alpha value is -1.93. The minimum Gasteiger partial charge on any atom is -0.497 e. The largest absolute Gasteiger partial charge is 0.497 e. The van der Waals surface area contributed by atoms with Gasteiger partial charge in [0, 0.05) is 11.7 Å². The van der Waals surface area contributed by atoms with Crippen LogP contribution in [0.2, 0.25) is 0 Å². The molecular formula is C20H24N2O4S2. The molecule has 8 heteroatoms. The fourth-order valence-corrected chi connectivity index (χ4v) is 5.14. The second-order valence-corrected chi connectivity index (χ2v) is 9.03. The van der Waals surface area contributed by atoms with E-state index < -0.39 is 5.25 Å². The van der Waals surface area contributed by atoms with Crippen LogP contribution in [-0.4, -0.2) is 39.7 Å². The van der Waals surface area contributed by atoms with Crippen molar-refractivity contribution < 1.29 is 14.3 Å². The lowest BCUT2D eigenvalue weighted by atomic mass is 10.2. The van der Waals surface area contributed by atoms with E-state index in [1.807, 2.05) is 31.2 Å². The SMILES string of the molecule is CCOC(=O)C(CC)Sc1nc2c(c(=O)n1-c1ccc(OC)cc1)SC(C)C2. The van der Waals surface area contributed by atoms with E-state index in [0.29, 0.717) is 39.8 Å². The lowest BCUT2D eigenvalue weighted by molar-refractivity contribution is -0.142. The molecule has 1 aliphatic rings. The van der Waals surface area contributed by atoms with Crippen LogP contribution in [0.1, 0.15) is 32.9 Å². The maximum atomic E-state index is 13.3. The molecule has 0 saturated carbocycles. The van der Waals surface area contributed by atoms with E-state index in [9.17, 15) is 9.59 Å². The highest BCUT2D eigenvalue weighted by Gasteiger charge is 2.29. The molecule has 1 aromatic heterocycles. The van der Waals surface area contributed by atoms with Crippen molar-refractivity contribution in [2.45, 2.75) is 54.2 Å². The molecular weight excluding hydrogens is 396 g/mol. The summed E-state index contributed by atoms with van der Waals surface area (Å²) in [7, 11) is 1.60. The lowest BCUT2D eigenvalue weighted by Crippen LogP contribution is -2.26. The molecule has 28 heavy (non-hydrogen) atoms. The molecule has 2 aromatic rings. The van der Waals surface area contributed by atoms with Gasteiger partial charge in [0.05, 0.1) is 30.0 Å². The fraction of sp³-hybridized carbons (Fsp3) is 0.450. The van der Waals surface area contributed by atoms with Crippen molar-refractivity contribution in [2.24, 2.45) is 0 Å². The van der Waals surface area contributed by atoms with Crippen molar-refractivity contribution in [3.05, 3.63) is 40.3 Å². The first-order chi connectivity index (χ1) is 13.5. The van der Waals surface area contributed by atoms with Crippen LogP contribution in [0.15, 0.2) is 39.1 Å². The quantitative estimate of drug-likeness (QED) is 0.384. The summed E-state index contributed by atoms with van der Waals surface area (Å²) in [4.78, 5) is 31.1. The van der Waals surface area contributed by atoms with Crippen LogP contribution in [-0.2, 0) is 16.0 Å². The molecule has 0 aliphatic carbocycles. The molecule has 2 unspecified atom stereocenters. The smallest absolute Gasteiger partial charge is 0.319 e. The Morgan fingerprint density at radius 3 is 2.68 bits per heavy atom. The number of thioether (sulfide) groups is 2. The van der Waals surface area contributed by atoms with E-state index in [0.717, 1.165) is 12.1 Å². The second-order valence-electron chi connectivity index (χ2n) is 6.41. The number of benzene rings is 1. The average Bonchev–Trinajstić information content (AvgIpc) is 3.07. The Labute approximate surface area is 173 Å². The van der Waals surface area contributed by atoms with Gasteiger partial charge in [-0.25, -0.2) is 4.98 Å². The number of carbonyl (C=O) groups excluding carboxylic acids is 1. The van der Waals surface area contributed by atoms with Crippen LogP contribution in [0.4, 0.5) is 0 Å². The van der Waals surface area contributed by atoms with E-state index in [1.54, 1.807) is 30.4 Å². The van der Waals surface area contributed by atoms with E-state index in [4.69, 9.17) is 14.5 Å². The third-order valence-electron chi connectivity index (χ3n) is 4.38. The van der Waals surface area contributed by atoms with Gasteiger partial charge >= 0.3 is 5.97 Å². The maximum absolute atomic E-state index is 13.3. The van der Waals surface area contributed by atoms with Crippen molar-refractivity contribution in [2.75, 3.05) is 13.7 Å². The normalized spacial score (nSPS) is 16.5. The van der Waals surface area contributed by atoms with E-state index in [-0.39, 0.29) is 11.5 Å². The van der Waals surface area contributed by atoms with Gasteiger partial charge in [0.1, 0.15) is 11.0 Å². The summed E-state index contributed by atoms with van der Waals surface area (Å²) in [5, 5.41) is 0.413. The molecule has 2 heterocycles. The Morgan fingerprint density at radius 2 is 2.07 bits per heavy atom. The van der Waals surface area contributed by atoms with Crippen LogP contribution in [0.3, 0.4) is 0 Å². The number of methoxy groups -OCH3 is 1. The monoisotopic (exact) mass is 420 g/mol. The van der Waals surface area contributed by atoms with E-state index in [1.165, 1.54) is 11.8 Å². The maximum Gasteiger partial charge on any atom is 0.319 e. The highest BCUT2D eigenvalue weighted by atomic mass is 32.2. The average molecular weight is 421 g/mol. The van der Waals surface area contributed by atoms with Gasteiger partial charge in [-0.2, -0.15) is 0 Å². The predicted octanol–water partition coefficient (Wildman–Crippen LogP) is 3.71. The van der Waals surface area contributed by atoms with Crippen LogP contribution < -0.4 is 10.3 Å². The molecule has 1 aliphatic heterocycles. The number of hydrogen-bond acceptors (Lipinski definition) is 7. The van der Waals surface area contributed by atoms with Crippen molar-refractivity contribution in [3.63, 3.8) is 0 Å². The standard InChI is InChI=1S/C20H24N2O4S2/c1-5-16(19(24)26-6-2)28-20-21-15-11-12(3)27-17(15)18(23)22(20)13-7-9-14(25-4)10-8-13/h7-10,12,16H,5-6,11H2,1-4H3. The van der Waals surface area contributed by atoms with Gasteiger partial charge in [0.25, 0.3) is 5.56 Å². The molecule has 0 amide bonds. The zero-order chi connectivity index (χ0) is 20.3. The molecule has 0 saturated heterocycles. The lowest BCUT2D eigenvalue weighted by Gasteiger charge is -2.17. The highest BCUT2D eigenvalue weighted by molar-refractivity contribution is 8.00. The summed E-state index contributed by atoms with van der Waals surface area (Å²) in [6.45, 7) is 6.13. The van der Waals surface area contributed by atoms with Crippen LogP contribution in [0.5, 0.6) is 5.75 Å². The first-order valence-corrected chi connectivity index (χ1v) is 11.0. The van der Waals surface area contributed by atoms with Crippen LogP contribution in [0, 0.1) is 0 Å². The van der Waals surface area contributed by atoms with Crippen LogP contribution in [0.25, 0.3) is 5.69 Å². The van der Waals surface area contributed by atoms with Crippen molar-refractivity contribution in [1.82, 2.24) is 9.55 Å². The number of fused-ring (bicyclic) bond motifs is 1. The first kappa shape index (κ1) is 20.8. The number of esters is 1. The minimum atomic E-state index is -0.416. The van der Waals surface area contributed by atoms with Crippen molar-refractivity contribution in [3.8, 4) is 11.4 Å². The Bertz CT molecular complexity index is 912. The topological polar surface area (TPSA) is 70.4 Å². The van der Waals surface area contributed by atoms with Gasteiger partial charge in [-0.05, 0) is 37.6 Å². The zero-order valence-corrected chi connectivity index (χ0v) is 18.1. The predicted molar refractivity (Wildman–Crippen MR) is 112 cm³/mol. The highest BCUT2D eigenvalue weighted by Crippen LogP contribution is 2.36. The van der Waals surface area contributed by atoms with Gasteiger partial charge in [0.2, 0.25) is 0 Å².